The summed E-state index contributed by atoms with van der Waals surface area (Å²) in [4.78, 5) is 14.2. The quantitative estimate of drug-likeness (QED) is 0.916. The first kappa shape index (κ1) is 13.4. The van der Waals surface area contributed by atoms with Crippen molar-refractivity contribution in [2.45, 2.75) is 44.8 Å². The lowest BCUT2D eigenvalue weighted by atomic mass is 10.1. The Balaban J connectivity index is 1.66. The summed E-state index contributed by atoms with van der Waals surface area (Å²) in [5.41, 5.74) is 0.912. The highest BCUT2D eigenvalue weighted by Gasteiger charge is 2.30. The second-order valence-electron chi connectivity index (χ2n) is 5.65. The van der Waals surface area contributed by atoms with Crippen LogP contribution in [0.1, 0.15) is 32.6 Å². The standard InChI is InChI=1S/C16H22N2O2/c1-12-16(19)18(11-5-7-13-6-4-10-17-13)14-8-2-3-9-15(14)20-12/h2-3,8-9,12-13,17H,4-7,10-11H2,1H3. The van der Waals surface area contributed by atoms with Gasteiger partial charge in [-0.1, -0.05) is 12.1 Å². The summed E-state index contributed by atoms with van der Waals surface area (Å²) in [6.07, 6.45) is 4.34. The number of para-hydroxylation sites is 2. The number of hydrogen-bond donors (Lipinski definition) is 1. The van der Waals surface area contributed by atoms with Crippen molar-refractivity contribution < 1.29 is 9.53 Å². The van der Waals surface area contributed by atoms with Crippen LogP contribution in [0.3, 0.4) is 0 Å². The molecule has 0 bridgehead atoms. The third-order valence-electron chi connectivity index (χ3n) is 4.17. The zero-order valence-corrected chi connectivity index (χ0v) is 12.0. The first-order chi connectivity index (χ1) is 9.75. The molecule has 0 saturated carbocycles. The van der Waals surface area contributed by atoms with E-state index in [1.54, 1.807) is 0 Å². The normalized spacial score (nSPS) is 25.4. The largest absolute Gasteiger partial charge is 0.479 e. The molecule has 1 fully saturated rings. The molecule has 3 rings (SSSR count). The van der Waals surface area contributed by atoms with Crippen molar-refractivity contribution in [3.8, 4) is 5.75 Å². The van der Waals surface area contributed by atoms with Gasteiger partial charge in [0.15, 0.2) is 6.10 Å². The molecule has 4 heteroatoms. The lowest BCUT2D eigenvalue weighted by Gasteiger charge is -2.33. The molecule has 0 aromatic heterocycles. The SMILES string of the molecule is CC1Oc2ccccc2N(CCCC2CCCN2)C1=O. The Labute approximate surface area is 120 Å². The number of nitrogens with one attached hydrogen (secondary N) is 1. The summed E-state index contributed by atoms with van der Waals surface area (Å²) >= 11 is 0. The number of nitrogens with zero attached hydrogens (tertiary/aromatic N) is 1. The number of carbonyl (C=O) groups is 1. The molecule has 0 spiro atoms. The van der Waals surface area contributed by atoms with Gasteiger partial charge >= 0.3 is 0 Å². The zero-order chi connectivity index (χ0) is 13.9. The van der Waals surface area contributed by atoms with Crippen LogP contribution in [0.2, 0.25) is 0 Å². The van der Waals surface area contributed by atoms with Gasteiger partial charge in [0, 0.05) is 12.6 Å². The molecule has 2 unspecified atom stereocenters. The summed E-state index contributed by atoms with van der Waals surface area (Å²) in [6.45, 7) is 3.74. The number of fused-ring (bicyclic) bond motifs is 1. The lowest BCUT2D eigenvalue weighted by molar-refractivity contribution is -0.125. The van der Waals surface area contributed by atoms with Crippen molar-refractivity contribution in [3.05, 3.63) is 24.3 Å². The smallest absolute Gasteiger partial charge is 0.267 e. The van der Waals surface area contributed by atoms with Gasteiger partial charge in [0.2, 0.25) is 0 Å². The Bertz CT molecular complexity index is 483. The van der Waals surface area contributed by atoms with Crippen LogP contribution in [0.4, 0.5) is 5.69 Å². The number of ether oxygens (including phenoxy) is 1. The molecular weight excluding hydrogens is 252 g/mol. The number of carbonyl (C=O) groups excluding carboxylic acids is 1. The molecule has 2 aliphatic heterocycles. The fourth-order valence-electron chi connectivity index (χ4n) is 3.09. The molecule has 0 radical (unpaired) electrons. The van der Waals surface area contributed by atoms with Crippen LogP contribution in [-0.4, -0.2) is 31.1 Å². The number of hydrogen-bond acceptors (Lipinski definition) is 3. The first-order valence-electron chi connectivity index (χ1n) is 7.56. The van der Waals surface area contributed by atoms with Crippen LogP contribution in [0.25, 0.3) is 0 Å². The van der Waals surface area contributed by atoms with Crippen molar-refractivity contribution in [2.75, 3.05) is 18.0 Å². The average molecular weight is 274 g/mol. The van der Waals surface area contributed by atoms with Gasteiger partial charge in [-0.05, 0) is 51.3 Å². The monoisotopic (exact) mass is 274 g/mol. The highest BCUT2D eigenvalue weighted by Crippen LogP contribution is 2.33. The molecule has 0 aliphatic carbocycles. The Morgan fingerprint density at radius 3 is 3.05 bits per heavy atom. The average Bonchev–Trinajstić information content (AvgIpc) is 2.96. The minimum absolute atomic E-state index is 0.0723. The van der Waals surface area contributed by atoms with Crippen LogP contribution < -0.4 is 15.0 Å². The number of benzene rings is 1. The molecule has 2 heterocycles. The predicted octanol–water partition coefficient (Wildman–Crippen LogP) is 2.33. The van der Waals surface area contributed by atoms with Crippen LogP contribution in [0.15, 0.2) is 24.3 Å². The van der Waals surface area contributed by atoms with Gasteiger partial charge in [0.25, 0.3) is 5.91 Å². The molecule has 4 nitrogen and oxygen atoms in total. The maximum atomic E-state index is 12.3. The number of amides is 1. The van der Waals surface area contributed by atoms with E-state index in [4.69, 9.17) is 4.74 Å². The topological polar surface area (TPSA) is 41.6 Å². The first-order valence-corrected chi connectivity index (χ1v) is 7.56. The fourth-order valence-corrected chi connectivity index (χ4v) is 3.09. The minimum atomic E-state index is -0.380. The number of rotatable bonds is 4. The van der Waals surface area contributed by atoms with Gasteiger partial charge in [-0.25, -0.2) is 0 Å². The van der Waals surface area contributed by atoms with E-state index in [1.807, 2.05) is 36.1 Å². The van der Waals surface area contributed by atoms with E-state index in [0.717, 1.165) is 37.4 Å². The van der Waals surface area contributed by atoms with Gasteiger partial charge in [0.1, 0.15) is 5.75 Å². The molecule has 1 aromatic carbocycles. The summed E-state index contributed by atoms with van der Waals surface area (Å²) in [7, 11) is 0. The number of anilines is 1. The van der Waals surface area contributed by atoms with Crippen LogP contribution in [0.5, 0.6) is 5.75 Å². The predicted molar refractivity (Wildman–Crippen MR) is 79.1 cm³/mol. The molecule has 1 N–H and O–H groups in total. The Morgan fingerprint density at radius 1 is 1.40 bits per heavy atom. The van der Waals surface area contributed by atoms with Crippen molar-refractivity contribution in [2.24, 2.45) is 0 Å². The van der Waals surface area contributed by atoms with Crippen molar-refractivity contribution in [1.82, 2.24) is 5.32 Å². The molecule has 1 amide bonds. The van der Waals surface area contributed by atoms with Crippen molar-refractivity contribution in [3.63, 3.8) is 0 Å². The minimum Gasteiger partial charge on any atom is -0.479 e. The summed E-state index contributed by atoms with van der Waals surface area (Å²) < 4.78 is 5.65. The zero-order valence-electron chi connectivity index (χ0n) is 12.0. The second kappa shape index (κ2) is 5.83. The van der Waals surface area contributed by atoms with Gasteiger partial charge < -0.3 is 15.0 Å². The molecule has 20 heavy (non-hydrogen) atoms. The molecule has 2 aliphatic rings. The van der Waals surface area contributed by atoms with E-state index in [1.165, 1.54) is 12.8 Å². The summed E-state index contributed by atoms with van der Waals surface area (Å²) in [6, 6.07) is 8.44. The molecule has 1 saturated heterocycles. The third-order valence-corrected chi connectivity index (χ3v) is 4.17. The van der Waals surface area contributed by atoms with E-state index in [0.29, 0.717) is 6.04 Å². The third kappa shape index (κ3) is 2.66. The van der Waals surface area contributed by atoms with E-state index in [9.17, 15) is 4.79 Å². The molecule has 108 valence electrons. The van der Waals surface area contributed by atoms with Crippen molar-refractivity contribution in [1.29, 1.82) is 0 Å². The molecule has 1 aromatic rings. The van der Waals surface area contributed by atoms with Gasteiger partial charge in [-0.15, -0.1) is 0 Å². The van der Waals surface area contributed by atoms with Gasteiger partial charge in [0.05, 0.1) is 5.69 Å². The summed E-state index contributed by atoms with van der Waals surface area (Å²) in [5, 5.41) is 3.51. The van der Waals surface area contributed by atoms with E-state index < -0.39 is 0 Å². The van der Waals surface area contributed by atoms with Crippen molar-refractivity contribution >= 4 is 11.6 Å². The van der Waals surface area contributed by atoms with E-state index >= 15 is 0 Å². The Hall–Kier alpha value is -1.55. The van der Waals surface area contributed by atoms with Gasteiger partial charge in [-0.3, -0.25) is 4.79 Å². The van der Waals surface area contributed by atoms with Crippen LogP contribution in [-0.2, 0) is 4.79 Å². The molecule has 2 atom stereocenters. The lowest BCUT2D eigenvalue weighted by Crippen LogP contribution is -2.45. The highest BCUT2D eigenvalue weighted by atomic mass is 16.5. The van der Waals surface area contributed by atoms with Crippen LogP contribution in [0, 0.1) is 0 Å². The Morgan fingerprint density at radius 2 is 2.25 bits per heavy atom. The molecular formula is C16H22N2O2. The maximum absolute atomic E-state index is 12.3. The van der Waals surface area contributed by atoms with Gasteiger partial charge in [-0.2, -0.15) is 0 Å². The Kier molecular flexibility index (Phi) is 3.92. The van der Waals surface area contributed by atoms with Crippen LogP contribution >= 0.6 is 0 Å². The maximum Gasteiger partial charge on any atom is 0.267 e. The summed E-state index contributed by atoms with van der Waals surface area (Å²) in [5.74, 6) is 0.890. The van der Waals surface area contributed by atoms with E-state index in [2.05, 4.69) is 5.32 Å². The fraction of sp³-hybridized carbons (Fsp3) is 0.562. The second-order valence-corrected chi connectivity index (χ2v) is 5.65. The highest BCUT2D eigenvalue weighted by molar-refractivity contribution is 5.99. The van der Waals surface area contributed by atoms with E-state index in [-0.39, 0.29) is 12.0 Å².